The van der Waals surface area contributed by atoms with Crippen molar-refractivity contribution in [3.63, 3.8) is 0 Å². The van der Waals surface area contributed by atoms with E-state index in [-0.39, 0.29) is 23.7 Å². The minimum Gasteiger partial charge on any atom is -0.460 e. The molecule has 8 heteroatoms. The van der Waals surface area contributed by atoms with Crippen molar-refractivity contribution >= 4 is 45.9 Å². The smallest absolute Gasteiger partial charge is 0.309 e. The van der Waals surface area contributed by atoms with E-state index in [1.54, 1.807) is 12.1 Å². The number of likely N-dealkylation sites (tertiary alicyclic amines) is 1. The van der Waals surface area contributed by atoms with Crippen molar-refractivity contribution in [1.29, 1.82) is 0 Å². The van der Waals surface area contributed by atoms with E-state index in [0.29, 0.717) is 58.5 Å². The monoisotopic (exact) mass is 573 g/mol. The molecule has 2 aromatic carbocycles. The topological polar surface area (TPSA) is 81.5 Å². The standard InChI is InChI=1S/C33H36ClN3O4/c1-19-17-36(18-19)30(38)23-14-15-25-27(16-23)37(31(39)28-24(20-8-9-20)6-5-7-26(28)34)35-29(25)21-10-12-22(13-11-21)32(40)41-33(2,3)4/h5-7,10,14-16,19-20,22H,8-9,11-13,17-18H2,1-4H3/t22-/m0/s1. The Morgan fingerprint density at radius 3 is 2.41 bits per heavy atom. The van der Waals surface area contributed by atoms with Crippen LogP contribution in [-0.4, -0.2) is 51.2 Å². The quantitative estimate of drug-likeness (QED) is 0.311. The highest BCUT2D eigenvalue weighted by molar-refractivity contribution is 6.34. The van der Waals surface area contributed by atoms with Gasteiger partial charge in [0.25, 0.3) is 11.8 Å². The second-order valence-electron chi connectivity index (χ2n) is 12.8. The van der Waals surface area contributed by atoms with Crippen molar-refractivity contribution in [2.45, 2.75) is 71.3 Å². The highest BCUT2D eigenvalue weighted by Crippen LogP contribution is 2.44. The highest BCUT2D eigenvalue weighted by atomic mass is 35.5. The molecule has 2 aliphatic carbocycles. The zero-order chi connectivity index (χ0) is 29.1. The lowest BCUT2D eigenvalue weighted by atomic mass is 9.87. The molecule has 6 rings (SSSR count). The van der Waals surface area contributed by atoms with Crippen LogP contribution in [0.5, 0.6) is 0 Å². The summed E-state index contributed by atoms with van der Waals surface area (Å²) in [4.78, 5) is 41.9. The van der Waals surface area contributed by atoms with Crippen LogP contribution in [0.25, 0.3) is 16.5 Å². The van der Waals surface area contributed by atoms with Crippen molar-refractivity contribution < 1.29 is 19.1 Å². The zero-order valence-electron chi connectivity index (χ0n) is 24.1. The molecule has 0 spiro atoms. The molecule has 2 fully saturated rings. The summed E-state index contributed by atoms with van der Waals surface area (Å²) in [6.45, 7) is 9.21. The first kappa shape index (κ1) is 27.7. The summed E-state index contributed by atoms with van der Waals surface area (Å²) in [5, 5.41) is 6.08. The fraction of sp³-hybridized carbons (Fsp3) is 0.455. The molecule has 0 unspecified atom stereocenters. The molecule has 1 saturated heterocycles. The zero-order valence-corrected chi connectivity index (χ0v) is 24.8. The van der Waals surface area contributed by atoms with Gasteiger partial charge in [-0.05, 0) is 100 Å². The number of fused-ring (bicyclic) bond motifs is 1. The van der Waals surface area contributed by atoms with Crippen LogP contribution >= 0.6 is 11.6 Å². The van der Waals surface area contributed by atoms with Crippen molar-refractivity contribution in [3.8, 4) is 0 Å². The van der Waals surface area contributed by atoms with Crippen molar-refractivity contribution in [2.75, 3.05) is 13.1 Å². The summed E-state index contributed by atoms with van der Waals surface area (Å²) in [5.41, 5.74) is 3.70. The number of hydrogen-bond donors (Lipinski definition) is 0. The van der Waals surface area contributed by atoms with Gasteiger partial charge >= 0.3 is 5.97 Å². The maximum Gasteiger partial charge on any atom is 0.309 e. The Hall–Kier alpha value is -3.45. The number of ether oxygens (including phenoxy) is 1. The van der Waals surface area contributed by atoms with Gasteiger partial charge in [0, 0.05) is 24.0 Å². The molecule has 3 aliphatic rings. The van der Waals surface area contributed by atoms with Crippen LogP contribution in [0.1, 0.15) is 97.7 Å². The number of halogens is 1. The number of hydrogen-bond acceptors (Lipinski definition) is 5. The van der Waals surface area contributed by atoms with Gasteiger partial charge in [-0.2, -0.15) is 9.78 Å². The van der Waals surface area contributed by atoms with Gasteiger partial charge in [0.1, 0.15) is 5.60 Å². The Morgan fingerprint density at radius 1 is 1.02 bits per heavy atom. The van der Waals surface area contributed by atoms with Gasteiger partial charge in [-0.15, -0.1) is 0 Å². The Bertz CT molecular complexity index is 1590. The van der Waals surface area contributed by atoms with Gasteiger partial charge in [-0.3, -0.25) is 14.4 Å². The summed E-state index contributed by atoms with van der Waals surface area (Å²) in [6, 6.07) is 11.1. The lowest BCUT2D eigenvalue weighted by Gasteiger charge is -2.37. The minimum atomic E-state index is -0.530. The number of nitrogens with zero attached hydrogens (tertiary/aromatic N) is 3. The molecular formula is C33H36ClN3O4. The summed E-state index contributed by atoms with van der Waals surface area (Å²) in [6.07, 6.45) is 5.93. The molecule has 214 valence electrons. The number of carbonyl (C=O) groups excluding carboxylic acids is 3. The molecule has 1 aliphatic heterocycles. The van der Waals surface area contributed by atoms with Gasteiger partial charge in [0.05, 0.1) is 27.7 Å². The van der Waals surface area contributed by atoms with E-state index in [2.05, 4.69) is 6.92 Å². The van der Waals surface area contributed by atoms with Crippen LogP contribution in [0.3, 0.4) is 0 Å². The molecular weight excluding hydrogens is 538 g/mol. The first-order valence-corrected chi connectivity index (χ1v) is 15.0. The van der Waals surface area contributed by atoms with Crippen molar-refractivity contribution in [2.24, 2.45) is 11.8 Å². The molecule has 0 N–H and O–H groups in total. The third-order valence-corrected chi connectivity index (χ3v) is 8.52. The van der Waals surface area contributed by atoms with Crippen LogP contribution in [-0.2, 0) is 9.53 Å². The first-order chi connectivity index (χ1) is 19.5. The normalized spacial score (nSPS) is 19.6. The van der Waals surface area contributed by atoms with Crippen LogP contribution in [0, 0.1) is 11.8 Å². The average molecular weight is 574 g/mol. The van der Waals surface area contributed by atoms with E-state index in [9.17, 15) is 14.4 Å². The van der Waals surface area contributed by atoms with E-state index in [1.165, 1.54) is 4.68 Å². The second kappa shape index (κ2) is 10.4. The SMILES string of the molecule is CC1CN(C(=O)c2ccc3c(C4=CC[C@H](C(=O)OC(C)(C)C)CC4)nn(C(=O)c4c(Cl)cccc4C4CC4)c3c2)C1. The number of benzene rings is 2. The fourth-order valence-corrected chi connectivity index (χ4v) is 6.21. The van der Waals surface area contributed by atoms with Crippen LogP contribution in [0.15, 0.2) is 42.5 Å². The van der Waals surface area contributed by atoms with E-state index in [0.717, 1.165) is 42.5 Å². The average Bonchev–Trinajstić information content (AvgIpc) is 3.69. The molecule has 41 heavy (non-hydrogen) atoms. The largest absolute Gasteiger partial charge is 0.460 e. The molecule has 2 heterocycles. The van der Waals surface area contributed by atoms with E-state index in [4.69, 9.17) is 21.4 Å². The molecule has 1 aromatic heterocycles. The lowest BCUT2D eigenvalue weighted by Crippen LogP contribution is -2.48. The number of rotatable bonds is 5. The Balaban J connectivity index is 1.40. The summed E-state index contributed by atoms with van der Waals surface area (Å²) in [7, 11) is 0. The van der Waals surface area contributed by atoms with Gasteiger partial charge in [-0.25, -0.2) is 0 Å². The van der Waals surface area contributed by atoms with Crippen LogP contribution in [0.2, 0.25) is 5.02 Å². The van der Waals surface area contributed by atoms with Crippen molar-refractivity contribution in [1.82, 2.24) is 14.7 Å². The number of aromatic nitrogens is 2. The summed E-state index contributed by atoms with van der Waals surface area (Å²) >= 11 is 6.63. The maximum absolute atomic E-state index is 14.2. The minimum absolute atomic E-state index is 0.0414. The number of amides is 1. The van der Waals surface area contributed by atoms with Gasteiger partial charge in [0.15, 0.2) is 0 Å². The molecule has 1 amide bonds. The third-order valence-electron chi connectivity index (χ3n) is 8.20. The Morgan fingerprint density at radius 2 is 1.78 bits per heavy atom. The molecule has 1 saturated carbocycles. The summed E-state index contributed by atoms with van der Waals surface area (Å²) < 4.78 is 7.04. The number of esters is 1. The Labute approximate surface area is 245 Å². The Kier molecular flexibility index (Phi) is 7.05. The van der Waals surface area contributed by atoms with Crippen LogP contribution in [0.4, 0.5) is 0 Å². The predicted octanol–water partition coefficient (Wildman–Crippen LogP) is 6.87. The first-order valence-electron chi connectivity index (χ1n) is 14.6. The van der Waals surface area contributed by atoms with Gasteiger partial charge < -0.3 is 9.64 Å². The molecule has 1 atom stereocenters. The molecule has 7 nitrogen and oxygen atoms in total. The van der Waals surface area contributed by atoms with E-state index < -0.39 is 5.60 Å². The van der Waals surface area contributed by atoms with E-state index in [1.807, 2.05) is 56.0 Å². The van der Waals surface area contributed by atoms with E-state index >= 15 is 0 Å². The maximum atomic E-state index is 14.2. The van der Waals surface area contributed by atoms with Gasteiger partial charge in [0.2, 0.25) is 0 Å². The fourth-order valence-electron chi connectivity index (χ4n) is 5.94. The highest BCUT2D eigenvalue weighted by Gasteiger charge is 2.33. The lowest BCUT2D eigenvalue weighted by molar-refractivity contribution is -0.160. The molecule has 0 radical (unpaired) electrons. The predicted molar refractivity (Wildman–Crippen MR) is 159 cm³/mol. The summed E-state index contributed by atoms with van der Waals surface area (Å²) in [5.74, 6) is 0.0863. The van der Waals surface area contributed by atoms with Crippen LogP contribution < -0.4 is 0 Å². The van der Waals surface area contributed by atoms with Crippen molar-refractivity contribution in [3.05, 3.63) is 69.9 Å². The third kappa shape index (κ3) is 5.44. The molecule has 0 bridgehead atoms. The molecule has 3 aromatic rings. The number of allylic oxidation sites excluding steroid dienone is 2. The van der Waals surface area contributed by atoms with Gasteiger partial charge in [-0.1, -0.05) is 36.7 Å². The second-order valence-corrected chi connectivity index (χ2v) is 13.2. The number of carbonyl (C=O) groups is 3.